The number of rotatable bonds is 17. The summed E-state index contributed by atoms with van der Waals surface area (Å²) in [6.45, 7) is 11.0. The molecule has 8 nitrogen and oxygen atoms in total. The van der Waals surface area contributed by atoms with Crippen LogP contribution in [-0.2, 0) is 32.6 Å². The van der Waals surface area contributed by atoms with Gasteiger partial charge in [0, 0.05) is 60.3 Å². The van der Waals surface area contributed by atoms with Crippen molar-refractivity contribution in [2.45, 2.75) is 70.1 Å². The van der Waals surface area contributed by atoms with Gasteiger partial charge in [-0.25, -0.2) is 4.98 Å². The monoisotopic (exact) mass is 668 g/mol. The van der Waals surface area contributed by atoms with E-state index in [-0.39, 0.29) is 5.91 Å². The van der Waals surface area contributed by atoms with Crippen LogP contribution in [0.5, 0.6) is 5.75 Å². The molecule has 1 unspecified atom stereocenters. The van der Waals surface area contributed by atoms with Crippen LogP contribution in [0.3, 0.4) is 0 Å². The van der Waals surface area contributed by atoms with Gasteiger partial charge in [0.2, 0.25) is 5.91 Å². The van der Waals surface area contributed by atoms with Crippen LogP contribution < -0.4 is 15.0 Å². The predicted octanol–water partition coefficient (Wildman–Crippen LogP) is 8.11. The number of aryl methyl sites for hydroxylation is 1. The van der Waals surface area contributed by atoms with Gasteiger partial charge in [-0.1, -0.05) is 38.5 Å². The number of allylic oxidation sites excluding steroid dienone is 1. The quantitative estimate of drug-likeness (QED) is 0.0904. The molecule has 1 aromatic heterocycles. The standard InChI is InChI=1S/C39H48N4O4S/c1-4-6-22-46-23-24-47-35-14-9-31(10-15-35)32-11-18-38(42-20-7-8-21-42)37(26-32)30(3)25-39(44)41-33-12-16-36(17-13-33)48(45)28-34-27-40-29-43(34)19-5-2/h9-18,25-27,29H,4-8,19-24,28H2,1-3H3,(H,41,44)/b30-25-. The Labute approximate surface area is 287 Å². The Hall–Kier alpha value is -4.21. The Morgan fingerprint density at radius 3 is 2.42 bits per heavy atom. The first-order valence-electron chi connectivity index (χ1n) is 17.1. The normalized spacial score (nSPS) is 13.9. The van der Waals surface area contributed by atoms with Crippen molar-refractivity contribution in [3.8, 4) is 16.9 Å². The summed E-state index contributed by atoms with van der Waals surface area (Å²) in [5, 5.41) is 2.99. The van der Waals surface area contributed by atoms with E-state index in [9.17, 15) is 9.00 Å². The largest absolute Gasteiger partial charge is 0.491 e. The summed E-state index contributed by atoms with van der Waals surface area (Å²) in [4.78, 5) is 20.5. The predicted molar refractivity (Wildman–Crippen MR) is 196 cm³/mol. The molecule has 1 aliphatic rings. The van der Waals surface area contributed by atoms with Gasteiger partial charge in [0.25, 0.3) is 0 Å². The number of carbonyl (C=O) groups excluding carboxylic acids is 1. The number of hydrogen-bond acceptors (Lipinski definition) is 6. The zero-order valence-electron chi connectivity index (χ0n) is 28.5. The molecule has 9 heteroatoms. The lowest BCUT2D eigenvalue weighted by Crippen LogP contribution is -2.19. The molecule has 48 heavy (non-hydrogen) atoms. The number of aromatic nitrogens is 2. The summed E-state index contributed by atoms with van der Waals surface area (Å²) in [7, 11) is -1.21. The van der Waals surface area contributed by atoms with Crippen molar-refractivity contribution in [2.75, 3.05) is 43.1 Å². The molecule has 1 fully saturated rings. The SMILES string of the molecule is CCCCOCCOc1ccc(-c2ccc(N3CCCC3)c(/C(C)=C\C(=O)Nc3ccc(S(=O)Cc4cncn4CCC)cc3)c2)cc1. The number of unbranched alkanes of at least 4 members (excludes halogenated alkanes) is 1. The Kier molecular flexibility index (Phi) is 13.0. The van der Waals surface area contributed by atoms with Gasteiger partial charge in [-0.3, -0.25) is 9.00 Å². The van der Waals surface area contributed by atoms with Crippen LogP contribution in [0.15, 0.2) is 90.2 Å². The highest BCUT2D eigenvalue weighted by Crippen LogP contribution is 2.34. The van der Waals surface area contributed by atoms with Crippen molar-refractivity contribution in [1.82, 2.24) is 9.55 Å². The van der Waals surface area contributed by atoms with Crippen molar-refractivity contribution in [1.29, 1.82) is 0 Å². The molecule has 1 aliphatic heterocycles. The van der Waals surface area contributed by atoms with Crippen LogP contribution in [0.25, 0.3) is 16.7 Å². The van der Waals surface area contributed by atoms with Gasteiger partial charge in [-0.05, 0) is 97.8 Å². The van der Waals surface area contributed by atoms with Crippen LogP contribution in [0.2, 0.25) is 0 Å². The zero-order valence-corrected chi connectivity index (χ0v) is 29.3. The minimum Gasteiger partial charge on any atom is -0.491 e. The molecule has 0 bridgehead atoms. The van der Waals surface area contributed by atoms with E-state index in [0.29, 0.717) is 29.5 Å². The summed E-state index contributed by atoms with van der Waals surface area (Å²) in [6.07, 6.45) is 10.7. The molecule has 4 aromatic rings. The third-order valence-electron chi connectivity index (χ3n) is 8.47. The van der Waals surface area contributed by atoms with Crippen molar-refractivity contribution in [2.24, 2.45) is 0 Å². The number of carbonyl (C=O) groups is 1. The van der Waals surface area contributed by atoms with E-state index in [0.717, 1.165) is 84.9 Å². The van der Waals surface area contributed by atoms with Crippen LogP contribution in [0, 0.1) is 0 Å². The number of anilines is 2. The summed E-state index contributed by atoms with van der Waals surface area (Å²) in [5.74, 6) is 1.01. The molecule has 0 radical (unpaired) electrons. The Bertz CT molecular complexity index is 1680. The van der Waals surface area contributed by atoms with Crippen LogP contribution in [-0.4, -0.2) is 52.6 Å². The Balaban J connectivity index is 1.25. The molecular formula is C39H48N4O4S. The minimum absolute atomic E-state index is 0.206. The molecule has 1 atom stereocenters. The lowest BCUT2D eigenvalue weighted by Gasteiger charge is -2.23. The van der Waals surface area contributed by atoms with Crippen molar-refractivity contribution in [3.63, 3.8) is 0 Å². The minimum atomic E-state index is -1.21. The van der Waals surface area contributed by atoms with E-state index in [4.69, 9.17) is 9.47 Å². The van der Waals surface area contributed by atoms with Crippen LogP contribution in [0.4, 0.5) is 11.4 Å². The number of benzene rings is 3. The van der Waals surface area contributed by atoms with Crippen molar-refractivity contribution >= 4 is 33.7 Å². The molecule has 2 heterocycles. The highest BCUT2D eigenvalue weighted by Gasteiger charge is 2.18. The van der Waals surface area contributed by atoms with E-state index in [1.807, 2.05) is 35.8 Å². The Morgan fingerprint density at radius 1 is 0.938 bits per heavy atom. The molecule has 1 amide bonds. The van der Waals surface area contributed by atoms with E-state index in [1.54, 1.807) is 30.7 Å². The van der Waals surface area contributed by atoms with Gasteiger partial charge >= 0.3 is 0 Å². The summed E-state index contributed by atoms with van der Waals surface area (Å²) >= 11 is 0. The molecule has 3 aromatic carbocycles. The maximum atomic E-state index is 13.2. The third-order valence-corrected chi connectivity index (χ3v) is 9.82. The fourth-order valence-electron chi connectivity index (χ4n) is 5.85. The molecule has 0 aliphatic carbocycles. The van der Waals surface area contributed by atoms with Crippen LogP contribution >= 0.6 is 0 Å². The molecule has 0 saturated carbocycles. The summed E-state index contributed by atoms with van der Waals surface area (Å²) in [5.41, 5.74) is 6.85. The van der Waals surface area contributed by atoms with E-state index >= 15 is 0 Å². The molecule has 0 spiro atoms. The van der Waals surface area contributed by atoms with Gasteiger partial charge in [0.15, 0.2) is 0 Å². The molecule has 1 N–H and O–H groups in total. The van der Waals surface area contributed by atoms with Crippen molar-refractivity contribution in [3.05, 3.63) is 96.6 Å². The second kappa shape index (κ2) is 17.8. The highest BCUT2D eigenvalue weighted by atomic mass is 32.2. The molecule has 5 rings (SSSR count). The maximum Gasteiger partial charge on any atom is 0.248 e. The highest BCUT2D eigenvalue weighted by molar-refractivity contribution is 7.84. The molecule has 1 saturated heterocycles. The van der Waals surface area contributed by atoms with Gasteiger partial charge in [0.05, 0.1) is 35.2 Å². The number of nitrogens with zero attached hydrogens (tertiary/aromatic N) is 3. The first-order chi connectivity index (χ1) is 23.4. The second-order valence-corrected chi connectivity index (χ2v) is 13.6. The first kappa shape index (κ1) is 35.1. The van der Waals surface area contributed by atoms with Gasteiger partial charge in [0.1, 0.15) is 12.4 Å². The van der Waals surface area contributed by atoms with Gasteiger partial charge in [-0.2, -0.15) is 0 Å². The van der Waals surface area contributed by atoms with E-state index in [2.05, 4.69) is 59.4 Å². The average molecular weight is 669 g/mol. The topological polar surface area (TPSA) is 85.7 Å². The fourth-order valence-corrected chi connectivity index (χ4v) is 6.96. The third kappa shape index (κ3) is 9.67. The first-order valence-corrected chi connectivity index (χ1v) is 18.4. The smallest absolute Gasteiger partial charge is 0.248 e. The van der Waals surface area contributed by atoms with E-state index in [1.165, 1.54) is 12.8 Å². The zero-order chi connectivity index (χ0) is 33.7. The lowest BCUT2D eigenvalue weighted by molar-refractivity contribution is -0.111. The number of hydrogen-bond donors (Lipinski definition) is 1. The second-order valence-electron chi connectivity index (χ2n) is 12.2. The van der Waals surface area contributed by atoms with Gasteiger partial charge in [-0.15, -0.1) is 0 Å². The lowest BCUT2D eigenvalue weighted by atomic mass is 9.97. The average Bonchev–Trinajstić information content (AvgIpc) is 3.80. The summed E-state index contributed by atoms with van der Waals surface area (Å²) < 4.78 is 26.5. The number of imidazole rings is 1. The Morgan fingerprint density at radius 2 is 1.69 bits per heavy atom. The van der Waals surface area contributed by atoms with Crippen LogP contribution in [0.1, 0.15) is 64.1 Å². The number of ether oxygens (including phenoxy) is 2. The summed E-state index contributed by atoms with van der Waals surface area (Å²) in [6, 6.07) is 21.9. The maximum absolute atomic E-state index is 13.2. The molecular weight excluding hydrogens is 621 g/mol. The van der Waals surface area contributed by atoms with Crippen molar-refractivity contribution < 1.29 is 18.5 Å². The fraction of sp³-hybridized carbons (Fsp3) is 0.385. The number of nitrogens with one attached hydrogen (secondary N) is 1. The molecule has 254 valence electrons. The number of amides is 1. The van der Waals surface area contributed by atoms with Gasteiger partial charge < -0.3 is 24.3 Å². The van der Waals surface area contributed by atoms with E-state index < -0.39 is 10.8 Å².